The van der Waals surface area contributed by atoms with E-state index in [0.717, 1.165) is 0 Å². The van der Waals surface area contributed by atoms with Gasteiger partial charge in [-0.3, -0.25) is 0 Å². The fraction of sp³-hybridized carbons (Fsp3) is 0.111. The van der Waals surface area contributed by atoms with E-state index >= 15 is 0 Å². The molecule has 0 radical (unpaired) electrons. The third kappa shape index (κ3) is 2.84. The maximum atomic E-state index is 9.05. The fourth-order valence-electron chi connectivity index (χ4n) is 0.754. The van der Waals surface area contributed by atoms with Gasteiger partial charge in [-0.15, -0.1) is 0 Å². The molecular weight excluding hydrogens is 176 g/mol. The molecule has 12 heavy (non-hydrogen) atoms. The van der Waals surface area contributed by atoms with Crippen molar-refractivity contribution in [1.29, 1.82) is 0 Å². The number of halogens is 1. The smallest absolute Gasteiger partial charge is 0.123 e. The van der Waals surface area contributed by atoms with E-state index in [2.05, 4.69) is 0 Å². The Morgan fingerprint density at radius 2 is 2.33 bits per heavy atom. The molecule has 1 N–H and O–H groups in total. The third-order valence-electron chi connectivity index (χ3n) is 1.25. The van der Waals surface area contributed by atoms with Gasteiger partial charge in [-0.05, 0) is 18.2 Å². The summed E-state index contributed by atoms with van der Waals surface area (Å²) in [5, 5.41) is 9.05. The van der Waals surface area contributed by atoms with Crippen molar-refractivity contribution in [1.82, 2.24) is 0 Å². The fourth-order valence-corrected chi connectivity index (χ4v) is 0.827. The first-order valence-corrected chi connectivity index (χ1v) is 3.93. The lowest BCUT2D eigenvalue weighted by Crippen LogP contribution is -1.91. The van der Waals surface area contributed by atoms with Crippen LogP contribution in [0, 0.1) is 0 Å². The highest BCUT2D eigenvalue weighted by Gasteiger charge is 1.91. The van der Waals surface area contributed by atoms with E-state index in [0.29, 0.717) is 12.4 Å². The van der Waals surface area contributed by atoms with Crippen LogP contribution in [-0.4, -0.2) is 11.7 Å². The lowest BCUT2D eigenvalue weighted by Gasteiger charge is -2.01. The maximum absolute atomic E-state index is 9.05. The third-order valence-corrected chi connectivity index (χ3v) is 1.43. The number of benzene rings is 1. The summed E-state index contributed by atoms with van der Waals surface area (Å²) >= 11 is 5.29. The van der Waals surface area contributed by atoms with E-state index in [1.807, 2.05) is 0 Å². The molecule has 0 unspecified atom stereocenters. The summed E-state index contributed by atoms with van der Waals surface area (Å²) in [6, 6.07) is 6.61. The van der Waals surface area contributed by atoms with Crippen LogP contribution in [0.25, 0.3) is 0 Å². The first kappa shape index (κ1) is 8.94. The second-order valence-electron chi connectivity index (χ2n) is 2.17. The molecule has 0 aliphatic carbocycles. The average Bonchev–Trinajstić information content (AvgIpc) is 2.05. The van der Waals surface area contributed by atoms with Gasteiger partial charge in [0.1, 0.15) is 18.1 Å². The van der Waals surface area contributed by atoms with Crippen LogP contribution in [0.4, 0.5) is 0 Å². The minimum absolute atomic E-state index is 0.197. The topological polar surface area (TPSA) is 29.5 Å². The van der Waals surface area contributed by atoms with Gasteiger partial charge in [0, 0.05) is 11.6 Å². The minimum Gasteiger partial charge on any atom is -0.508 e. The van der Waals surface area contributed by atoms with Crippen molar-refractivity contribution in [3.63, 3.8) is 0 Å². The van der Waals surface area contributed by atoms with Gasteiger partial charge in [-0.25, -0.2) is 0 Å². The highest BCUT2D eigenvalue weighted by molar-refractivity contribution is 6.25. The number of aromatic hydroxyl groups is 1. The minimum atomic E-state index is 0.197. The second-order valence-corrected chi connectivity index (χ2v) is 2.42. The zero-order valence-corrected chi connectivity index (χ0v) is 7.16. The molecule has 0 bridgehead atoms. The Morgan fingerprint density at radius 1 is 1.50 bits per heavy atom. The molecule has 0 spiro atoms. The molecule has 0 atom stereocenters. The van der Waals surface area contributed by atoms with Crippen LogP contribution < -0.4 is 4.74 Å². The predicted molar refractivity (Wildman–Crippen MR) is 48.6 cm³/mol. The molecule has 1 aromatic rings. The van der Waals surface area contributed by atoms with E-state index < -0.39 is 0 Å². The molecule has 0 amide bonds. The van der Waals surface area contributed by atoms with Crippen LogP contribution in [0.5, 0.6) is 11.5 Å². The molecule has 0 aliphatic rings. The van der Waals surface area contributed by atoms with Crippen molar-refractivity contribution in [2.75, 3.05) is 6.61 Å². The summed E-state index contributed by atoms with van der Waals surface area (Å²) in [4.78, 5) is 0. The zero-order valence-electron chi connectivity index (χ0n) is 6.40. The molecule has 0 fully saturated rings. The van der Waals surface area contributed by atoms with E-state index in [1.165, 1.54) is 5.54 Å². The standard InChI is InChI=1S/C9H9ClO2/c10-5-2-6-12-9-4-1-3-8(11)7-9/h1-5,7,11H,6H2. The van der Waals surface area contributed by atoms with Crippen LogP contribution >= 0.6 is 11.6 Å². The maximum Gasteiger partial charge on any atom is 0.123 e. The van der Waals surface area contributed by atoms with E-state index in [-0.39, 0.29) is 5.75 Å². The van der Waals surface area contributed by atoms with Crippen molar-refractivity contribution >= 4 is 11.6 Å². The summed E-state index contributed by atoms with van der Waals surface area (Å²) in [5.41, 5.74) is 1.39. The number of phenolic OH excluding ortho intramolecular Hbond substituents is 1. The molecule has 0 saturated heterocycles. The summed E-state index contributed by atoms with van der Waals surface area (Å²) in [6.07, 6.45) is 1.67. The van der Waals surface area contributed by atoms with Crippen LogP contribution in [0.15, 0.2) is 35.9 Å². The van der Waals surface area contributed by atoms with Gasteiger partial charge in [0.25, 0.3) is 0 Å². The number of hydrogen-bond acceptors (Lipinski definition) is 2. The molecular formula is C9H9ClO2. The molecule has 0 saturated carbocycles. The highest BCUT2D eigenvalue weighted by atomic mass is 35.5. The number of ether oxygens (including phenoxy) is 1. The molecule has 64 valence electrons. The van der Waals surface area contributed by atoms with Crippen LogP contribution in [0.2, 0.25) is 0 Å². The van der Waals surface area contributed by atoms with Crippen LogP contribution in [0.1, 0.15) is 0 Å². The van der Waals surface area contributed by atoms with E-state index in [4.69, 9.17) is 21.4 Å². The number of phenols is 1. The van der Waals surface area contributed by atoms with Crippen molar-refractivity contribution in [2.45, 2.75) is 0 Å². The number of hydrogen-bond donors (Lipinski definition) is 1. The first-order valence-electron chi connectivity index (χ1n) is 3.50. The van der Waals surface area contributed by atoms with Crippen molar-refractivity contribution in [3.8, 4) is 11.5 Å². The Labute approximate surface area is 76.0 Å². The van der Waals surface area contributed by atoms with Gasteiger partial charge >= 0.3 is 0 Å². The molecule has 2 nitrogen and oxygen atoms in total. The lowest BCUT2D eigenvalue weighted by atomic mass is 10.3. The van der Waals surface area contributed by atoms with Crippen molar-refractivity contribution in [2.24, 2.45) is 0 Å². The molecule has 0 aliphatic heterocycles. The van der Waals surface area contributed by atoms with E-state index in [1.54, 1.807) is 30.3 Å². The highest BCUT2D eigenvalue weighted by Crippen LogP contribution is 2.17. The summed E-state index contributed by atoms with van der Waals surface area (Å²) in [5.74, 6) is 0.826. The van der Waals surface area contributed by atoms with Gasteiger partial charge in [0.2, 0.25) is 0 Å². The summed E-state index contributed by atoms with van der Waals surface area (Å²) < 4.78 is 5.20. The van der Waals surface area contributed by atoms with Gasteiger partial charge in [0.05, 0.1) is 0 Å². The van der Waals surface area contributed by atoms with Gasteiger partial charge in [-0.1, -0.05) is 17.7 Å². The normalized spacial score (nSPS) is 10.4. The van der Waals surface area contributed by atoms with E-state index in [9.17, 15) is 0 Å². The largest absolute Gasteiger partial charge is 0.508 e. The molecule has 1 rings (SSSR count). The summed E-state index contributed by atoms with van der Waals surface area (Å²) in [6.45, 7) is 0.410. The Bertz CT molecular complexity index is 271. The van der Waals surface area contributed by atoms with Crippen LogP contribution in [-0.2, 0) is 0 Å². The molecule has 1 aromatic carbocycles. The monoisotopic (exact) mass is 184 g/mol. The second kappa shape index (κ2) is 4.67. The molecule has 0 aromatic heterocycles. The SMILES string of the molecule is Oc1cccc(OCC=CCl)c1. The van der Waals surface area contributed by atoms with Gasteiger partial charge in [0.15, 0.2) is 0 Å². The first-order chi connectivity index (χ1) is 5.83. The van der Waals surface area contributed by atoms with Gasteiger partial charge in [-0.2, -0.15) is 0 Å². The molecule has 3 heteroatoms. The van der Waals surface area contributed by atoms with Gasteiger partial charge < -0.3 is 9.84 Å². The lowest BCUT2D eigenvalue weighted by molar-refractivity contribution is 0.359. The number of rotatable bonds is 3. The van der Waals surface area contributed by atoms with Crippen molar-refractivity contribution < 1.29 is 9.84 Å². The Morgan fingerprint density at radius 3 is 3.00 bits per heavy atom. The van der Waals surface area contributed by atoms with Crippen LogP contribution in [0.3, 0.4) is 0 Å². The Hall–Kier alpha value is -1.15. The molecule has 0 heterocycles. The Balaban J connectivity index is 2.52. The Kier molecular flexibility index (Phi) is 3.48. The summed E-state index contributed by atoms with van der Waals surface area (Å²) in [7, 11) is 0. The predicted octanol–water partition coefficient (Wildman–Crippen LogP) is 2.52. The average molecular weight is 185 g/mol. The van der Waals surface area contributed by atoms with Crippen molar-refractivity contribution in [3.05, 3.63) is 35.9 Å². The quantitative estimate of drug-likeness (QED) is 0.782. The zero-order chi connectivity index (χ0) is 8.81.